The zero-order valence-electron chi connectivity index (χ0n) is 7.98. The van der Waals surface area contributed by atoms with E-state index in [0.29, 0.717) is 0 Å². The maximum Gasteiger partial charge on any atom is 0.184 e. The van der Waals surface area contributed by atoms with Gasteiger partial charge in [0.25, 0.3) is 0 Å². The minimum atomic E-state index is -1.42. The van der Waals surface area contributed by atoms with Crippen molar-refractivity contribution in [3.8, 4) is 12.3 Å². The summed E-state index contributed by atoms with van der Waals surface area (Å²) in [7, 11) is 0. The summed E-state index contributed by atoms with van der Waals surface area (Å²) in [6.45, 7) is -0.615. The van der Waals surface area contributed by atoms with Crippen LogP contribution >= 0.6 is 0 Å². The minimum absolute atomic E-state index is 0.112. The van der Waals surface area contributed by atoms with Gasteiger partial charge in [0.1, 0.15) is 31.0 Å². The lowest BCUT2D eigenvalue weighted by Gasteiger charge is -2.39. The summed E-state index contributed by atoms with van der Waals surface area (Å²) in [6, 6.07) is 0. The molecule has 1 aliphatic rings. The molecule has 0 aromatic carbocycles. The summed E-state index contributed by atoms with van der Waals surface area (Å²) in [5.41, 5.74) is 0. The third-order valence-corrected chi connectivity index (χ3v) is 2.20. The van der Waals surface area contributed by atoms with E-state index in [2.05, 4.69) is 5.92 Å². The molecule has 4 N–H and O–H groups in total. The Morgan fingerprint density at radius 2 is 1.93 bits per heavy atom. The van der Waals surface area contributed by atoms with Crippen molar-refractivity contribution in [1.29, 1.82) is 0 Å². The minimum Gasteiger partial charge on any atom is -0.394 e. The molecule has 0 spiro atoms. The third kappa shape index (κ3) is 2.66. The van der Waals surface area contributed by atoms with Crippen LogP contribution in [-0.4, -0.2) is 64.3 Å². The van der Waals surface area contributed by atoms with E-state index in [9.17, 15) is 15.3 Å². The van der Waals surface area contributed by atoms with E-state index in [-0.39, 0.29) is 6.61 Å². The normalized spacial score (nSPS) is 41.1. The monoisotopic (exact) mass is 218 g/mol. The molecule has 1 heterocycles. The first-order valence-electron chi connectivity index (χ1n) is 4.47. The van der Waals surface area contributed by atoms with Gasteiger partial charge >= 0.3 is 0 Å². The van der Waals surface area contributed by atoms with E-state index in [1.165, 1.54) is 0 Å². The van der Waals surface area contributed by atoms with Crippen LogP contribution in [0, 0.1) is 12.3 Å². The van der Waals surface area contributed by atoms with Gasteiger partial charge in [-0.05, 0) is 0 Å². The first kappa shape index (κ1) is 12.4. The molecule has 0 unspecified atom stereocenters. The number of aliphatic hydroxyl groups is 4. The molecule has 0 saturated carbocycles. The zero-order chi connectivity index (χ0) is 11.4. The molecule has 6 nitrogen and oxygen atoms in total. The summed E-state index contributed by atoms with van der Waals surface area (Å²) in [4.78, 5) is 0. The molecular weight excluding hydrogens is 204 g/mol. The Morgan fingerprint density at radius 1 is 1.27 bits per heavy atom. The smallest absolute Gasteiger partial charge is 0.184 e. The van der Waals surface area contributed by atoms with Crippen LogP contribution < -0.4 is 0 Å². The van der Waals surface area contributed by atoms with Gasteiger partial charge in [-0.3, -0.25) is 0 Å². The van der Waals surface area contributed by atoms with Gasteiger partial charge in [-0.1, -0.05) is 5.92 Å². The van der Waals surface area contributed by atoms with Crippen molar-refractivity contribution in [2.45, 2.75) is 30.7 Å². The quantitative estimate of drug-likeness (QED) is 0.389. The predicted octanol–water partition coefficient (Wildman–Crippen LogP) is -2.56. The number of aliphatic hydroxyl groups excluding tert-OH is 4. The van der Waals surface area contributed by atoms with Gasteiger partial charge < -0.3 is 29.9 Å². The third-order valence-electron chi connectivity index (χ3n) is 2.20. The Kier molecular flexibility index (Phi) is 4.47. The van der Waals surface area contributed by atoms with Crippen molar-refractivity contribution in [1.82, 2.24) is 0 Å². The number of terminal acetylenes is 1. The van der Waals surface area contributed by atoms with E-state index in [1.807, 2.05) is 0 Å². The van der Waals surface area contributed by atoms with Gasteiger partial charge in [-0.2, -0.15) is 0 Å². The second-order valence-corrected chi connectivity index (χ2v) is 3.21. The average molecular weight is 218 g/mol. The number of hydrogen-bond donors (Lipinski definition) is 4. The molecule has 1 rings (SSSR count). The SMILES string of the molecule is C#CCO[C@H]1[C@@H](O)[C@H](O)[C@@H](CO)O[C@H]1O. The number of rotatable bonds is 3. The molecule has 1 aliphatic heterocycles. The van der Waals surface area contributed by atoms with Gasteiger partial charge in [-0.25, -0.2) is 0 Å². The molecule has 0 radical (unpaired) electrons. The van der Waals surface area contributed by atoms with Crippen LogP contribution in [0.3, 0.4) is 0 Å². The van der Waals surface area contributed by atoms with E-state index in [4.69, 9.17) is 21.0 Å². The van der Waals surface area contributed by atoms with E-state index >= 15 is 0 Å². The fraction of sp³-hybridized carbons (Fsp3) is 0.778. The molecule has 0 aromatic rings. The summed E-state index contributed by atoms with van der Waals surface area (Å²) >= 11 is 0. The summed E-state index contributed by atoms with van der Waals surface area (Å²) in [5.74, 6) is 2.17. The van der Waals surface area contributed by atoms with Crippen molar-refractivity contribution in [3.63, 3.8) is 0 Å². The van der Waals surface area contributed by atoms with Crippen LogP contribution in [-0.2, 0) is 9.47 Å². The van der Waals surface area contributed by atoms with Crippen LogP contribution in [0.1, 0.15) is 0 Å². The molecule has 1 saturated heterocycles. The number of hydrogen-bond acceptors (Lipinski definition) is 6. The van der Waals surface area contributed by atoms with Crippen molar-refractivity contribution in [2.24, 2.45) is 0 Å². The Bertz CT molecular complexity index is 237. The Morgan fingerprint density at radius 3 is 2.47 bits per heavy atom. The lowest BCUT2D eigenvalue weighted by molar-refractivity contribution is -0.294. The van der Waals surface area contributed by atoms with Crippen LogP contribution in [0.15, 0.2) is 0 Å². The summed E-state index contributed by atoms with van der Waals surface area (Å²) in [5, 5.41) is 37.2. The predicted molar refractivity (Wildman–Crippen MR) is 48.6 cm³/mol. The first-order chi connectivity index (χ1) is 7.11. The largest absolute Gasteiger partial charge is 0.394 e. The second kappa shape index (κ2) is 5.42. The van der Waals surface area contributed by atoms with Gasteiger partial charge in [0.05, 0.1) is 6.61 Å². The van der Waals surface area contributed by atoms with E-state index < -0.39 is 37.3 Å². The molecule has 15 heavy (non-hydrogen) atoms. The maximum atomic E-state index is 9.54. The molecule has 0 amide bonds. The van der Waals surface area contributed by atoms with Crippen molar-refractivity contribution in [3.05, 3.63) is 0 Å². The van der Waals surface area contributed by atoms with Gasteiger partial charge in [-0.15, -0.1) is 6.42 Å². The number of ether oxygens (including phenoxy) is 2. The molecule has 5 atom stereocenters. The Labute approximate surface area is 87.1 Å². The molecule has 0 aliphatic carbocycles. The van der Waals surface area contributed by atoms with Crippen LogP contribution in [0.2, 0.25) is 0 Å². The van der Waals surface area contributed by atoms with Crippen molar-refractivity contribution in [2.75, 3.05) is 13.2 Å². The lowest BCUT2D eigenvalue weighted by Crippen LogP contribution is -2.59. The molecule has 6 heteroatoms. The van der Waals surface area contributed by atoms with E-state index in [0.717, 1.165) is 0 Å². The fourth-order valence-corrected chi connectivity index (χ4v) is 1.40. The molecule has 86 valence electrons. The van der Waals surface area contributed by atoms with Crippen LogP contribution in [0.5, 0.6) is 0 Å². The maximum absolute atomic E-state index is 9.54. The van der Waals surface area contributed by atoms with Gasteiger partial charge in [0.2, 0.25) is 0 Å². The highest BCUT2D eigenvalue weighted by atomic mass is 16.7. The molecule has 0 bridgehead atoms. The summed E-state index contributed by atoms with van der Waals surface area (Å²) in [6.07, 6.45) is -1.28. The molecular formula is C9H14O6. The summed E-state index contributed by atoms with van der Waals surface area (Å²) < 4.78 is 9.75. The second-order valence-electron chi connectivity index (χ2n) is 3.21. The highest BCUT2D eigenvalue weighted by Crippen LogP contribution is 2.21. The Hall–Kier alpha value is -0.680. The van der Waals surface area contributed by atoms with Crippen molar-refractivity contribution < 1.29 is 29.9 Å². The molecule has 0 aromatic heterocycles. The van der Waals surface area contributed by atoms with E-state index in [1.54, 1.807) is 0 Å². The highest BCUT2D eigenvalue weighted by molar-refractivity contribution is 4.91. The van der Waals surface area contributed by atoms with Crippen LogP contribution in [0.25, 0.3) is 0 Å². The zero-order valence-corrected chi connectivity index (χ0v) is 7.98. The fourth-order valence-electron chi connectivity index (χ4n) is 1.40. The Balaban J connectivity index is 2.62. The van der Waals surface area contributed by atoms with Gasteiger partial charge in [0.15, 0.2) is 6.29 Å². The van der Waals surface area contributed by atoms with Gasteiger partial charge in [0, 0.05) is 0 Å². The topological polar surface area (TPSA) is 99.4 Å². The first-order valence-corrected chi connectivity index (χ1v) is 4.47. The lowest BCUT2D eigenvalue weighted by atomic mass is 9.99. The van der Waals surface area contributed by atoms with Crippen LogP contribution in [0.4, 0.5) is 0 Å². The highest BCUT2D eigenvalue weighted by Gasteiger charge is 2.44. The molecule has 1 fully saturated rings. The standard InChI is InChI=1S/C9H14O6/c1-2-3-14-8-7(12)6(11)5(4-10)15-9(8)13/h1,5-13H,3-4H2/t5-,6-,7+,8+,9-/m1/s1. The van der Waals surface area contributed by atoms with Crippen molar-refractivity contribution >= 4 is 0 Å². The average Bonchev–Trinajstić information content (AvgIpc) is 2.23.